The van der Waals surface area contributed by atoms with Crippen LogP contribution in [0.4, 0.5) is 17.1 Å². The summed E-state index contributed by atoms with van der Waals surface area (Å²) >= 11 is 18.1. The van der Waals surface area contributed by atoms with Gasteiger partial charge in [-0.3, -0.25) is 14.4 Å². The molecule has 0 radical (unpaired) electrons. The Morgan fingerprint density at radius 3 is 2.17 bits per heavy atom. The minimum Gasteiger partial charge on any atom is -0.465 e. The van der Waals surface area contributed by atoms with Gasteiger partial charge in [0.2, 0.25) is 0 Å². The van der Waals surface area contributed by atoms with Gasteiger partial charge in [0.15, 0.2) is 0 Å². The number of amides is 3. The summed E-state index contributed by atoms with van der Waals surface area (Å²) in [6.45, 7) is 0. The predicted octanol–water partition coefficient (Wildman–Crippen LogP) is 5.47. The van der Waals surface area contributed by atoms with Crippen molar-refractivity contribution in [1.82, 2.24) is 0 Å². The Bertz CT molecular complexity index is 1450. The number of rotatable bonds is 6. The highest BCUT2D eigenvalue weighted by molar-refractivity contribution is 6.53. The minimum absolute atomic E-state index is 0.156. The van der Waals surface area contributed by atoms with Gasteiger partial charge in [0.25, 0.3) is 17.7 Å². The molecule has 3 aromatic carbocycles. The van der Waals surface area contributed by atoms with E-state index in [1.54, 1.807) is 36.4 Å². The molecular formula is C25H16Cl3N3O5. The van der Waals surface area contributed by atoms with Crippen molar-refractivity contribution in [3.8, 4) is 0 Å². The van der Waals surface area contributed by atoms with Gasteiger partial charge in [-0.15, -0.1) is 0 Å². The number of anilines is 3. The molecule has 11 heteroatoms. The fourth-order valence-corrected chi connectivity index (χ4v) is 3.90. The Labute approximate surface area is 220 Å². The second-order valence-electron chi connectivity index (χ2n) is 7.47. The summed E-state index contributed by atoms with van der Waals surface area (Å²) in [4.78, 5) is 51.1. The molecule has 182 valence electrons. The van der Waals surface area contributed by atoms with Crippen LogP contribution in [0.15, 0.2) is 77.5 Å². The van der Waals surface area contributed by atoms with Crippen molar-refractivity contribution in [3.05, 3.63) is 98.6 Å². The lowest BCUT2D eigenvalue weighted by molar-refractivity contribution is -0.120. The zero-order chi connectivity index (χ0) is 26.0. The third-order valence-electron chi connectivity index (χ3n) is 5.12. The van der Waals surface area contributed by atoms with E-state index in [0.717, 1.165) is 4.90 Å². The van der Waals surface area contributed by atoms with Gasteiger partial charge in [-0.25, -0.2) is 9.69 Å². The molecule has 0 saturated heterocycles. The lowest BCUT2D eigenvalue weighted by Gasteiger charge is -2.16. The molecule has 0 saturated carbocycles. The molecule has 0 aromatic heterocycles. The lowest BCUT2D eigenvalue weighted by Crippen LogP contribution is -2.32. The number of halogens is 3. The van der Waals surface area contributed by atoms with Crippen molar-refractivity contribution in [2.75, 3.05) is 22.6 Å². The molecule has 0 bridgehead atoms. The summed E-state index contributed by atoms with van der Waals surface area (Å²) in [6.07, 6.45) is 0. The number of benzene rings is 3. The first-order valence-corrected chi connectivity index (χ1v) is 11.4. The van der Waals surface area contributed by atoms with Gasteiger partial charge >= 0.3 is 5.97 Å². The average molecular weight is 545 g/mol. The van der Waals surface area contributed by atoms with E-state index in [1.165, 1.54) is 37.4 Å². The van der Waals surface area contributed by atoms with E-state index >= 15 is 0 Å². The molecular weight excluding hydrogens is 529 g/mol. The summed E-state index contributed by atoms with van der Waals surface area (Å²) in [5, 5.41) is 5.64. The molecule has 1 aliphatic rings. The number of carbonyl (C=O) groups is 4. The average Bonchev–Trinajstić information content (AvgIpc) is 3.08. The van der Waals surface area contributed by atoms with Crippen LogP contribution in [0.2, 0.25) is 10.0 Å². The van der Waals surface area contributed by atoms with Crippen LogP contribution in [0.1, 0.15) is 20.7 Å². The summed E-state index contributed by atoms with van der Waals surface area (Å²) in [6, 6.07) is 16.8. The number of imide groups is 1. The van der Waals surface area contributed by atoms with E-state index in [1.807, 2.05) is 0 Å². The van der Waals surface area contributed by atoms with Crippen LogP contribution in [0.3, 0.4) is 0 Å². The molecule has 1 heterocycles. The van der Waals surface area contributed by atoms with Crippen molar-refractivity contribution in [2.45, 2.75) is 0 Å². The van der Waals surface area contributed by atoms with Crippen molar-refractivity contribution in [3.63, 3.8) is 0 Å². The first kappa shape index (κ1) is 25.2. The van der Waals surface area contributed by atoms with Crippen LogP contribution in [0.5, 0.6) is 0 Å². The molecule has 0 fully saturated rings. The van der Waals surface area contributed by atoms with Crippen LogP contribution in [-0.4, -0.2) is 30.8 Å². The third-order valence-corrected chi connectivity index (χ3v) is 6.21. The Hall–Kier alpha value is -3.85. The van der Waals surface area contributed by atoms with Crippen LogP contribution >= 0.6 is 34.8 Å². The highest BCUT2D eigenvalue weighted by Gasteiger charge is 2.39. The number of hydrogen-bond donors (Lipinski definition) is 2. The van der Waals surface area contributed by atoms with Gasteiger partial charge in [0.05, 0.1) is 28.4 Å². The van der Waals surface area contributed by atoms with Gasteiger partial charge < -0.3 is 15.4 Å². The molecule has 0 spiro atoms. The summed E-state index contributed by atoms with van der Waals surface area (Å²) in [5.41, 5.74) is 1.31. The fourth-order valence-electron chi connectivity index (χ4n) is 3.40. The monoisotopic (exact) mass is 543 g/mol. The zero-order valence-corrected chi connectivity index (χ0v) is 20.7. The first-order valence-electron chi connectivity index (χ1n) is 10.3. The summed E-state index contributed by atoms with van der Waals surface area (Å²) in [5.74, 6) is -2.43. The topological polar surface area (TPSA) is 105 Å². The number of nitrogens with zero attached hydrogens (tertiary/aromatic N) is 1. The Morgan fingerprint density at radius 2 is 1.47 bits per heavy atom. The maximum Gasteiger partial charge on any atom is 0.337 e. The zero-order valence-electron chi connectivity index (χ0n) is 18.5. The first-order chi connectivity index (χ1) is 17.2. The third kappa shape index (κ3) is 5.06. The van der Waals surface area contributed by atoms with Crippen LogP contribution in [-0.2, 0) is 14.3 Å². The van der Waals surface area contributed by atoms with E-state index in [-0.39, 0.29) is 37.6 Å². The van der Waals surface area contributed by atoms with Crippen molar-refractivity contribution >= 4 is 75.6 Å². The number of methoxy groups -OCH3 is 1. The highest BCUT2D eigenvalue weighted by atomic mass is 35.5. The Morgan fingerprint density at radius 1 is 0.806 bits per heavy atom. The molecule has 4 rings (SSSR count). The molecule has 0 aliphatic carbocycles. The van der Waals surface area contributed by atoms with E-state index in [4.69, 9.17) is 34.8 Å². The van der Waals surface area contributed by atoms with Crippen LogP contribution < -0.4 is 15.5 Å². The van der Waals surface area contributed by atoms with Gasteiger partial charge in [0.1, 0.15) is 10.7 Å². The molecule has 3 amide bonds. The smallest absolute Gasteiger partial charge is 0.337 e. The SMILES string of the molecule is COC(=O)c1cccc(NC(=O)c2cccc(NC3=C(Cl)C(=O)N(c4ccc(Cl)c(Cl)c4)C3=O)c2)c1. The van der Waals surface area contributed by atoms with Gasteiger partial charge in [-0.2, -0.15) is 0 Å². The van der Waals surface area contributed by atoms with Gasteiger partial charge in [-0.1, -0.05) is 46.9 Å². The second kappa shape index (κ2) is 10.4. The molecule has 0 atom stereocenters. The van der Waals surface area contributed by atoms with Crippen molar-refractivity contribution < 1.29 is 23.9 Å². The van der Waals surface area contributed by atoms with E-state index in [0.29, 0.717) is 11.4 Å². The normalized spacial score (nSPS) is 13.2. The Balaban J connectivity index is 1.53. The van der Waals surface area contributed by atoms with Crippen LogP contribution in [0.25, 0.3) is 0 Å². The quantitative estimate of drug-likeness (QED) is 0.315. The predicted molar refractivity (Wildman–Crippen MR) is 138 cm³/mol. The standard InChI is InChI=1S/C25H16Cl3N3O5/c1-36-25(35)14-5-3-7-16(11-14)30-22(32)13-4-2-6-15(10-13)29-21-20(28)23(33)31(24(21)34)17-8-9-18(26)19(27)12-17/h2-12,29H,1H3,(H,30,32). The number of esters is 1. The molecule has 36 heavy (non-hydrogen) atoms. The van der Waals surface area contributed by atoms with Gasteiger partial charge in [-0.05, 0) is 54.6 Å². The van der Waals surface area contributed by atoms with E-state index < -0.39 is 23.7 Å². The number of carbonyl (C=O) groups excluding carboxylic acids is 4. The number of ether oxygens (including phenoxy) is 1. The molecule has 3 aromatic rings. The highest BCUT2D eigenvalue weighted by Crippen LogP contribution is 2.33. The lowest BCUT2D eigenvalue weighted by atomic mass is 10.1. The van der Waals surface area contributed by atoms with Gasteiger partial charge in [0, 0.05) is 16.9 Å². The molecule has 2 N–H and O–H groups in total. The van der Waals surface area contributed by atoms with Crippen molar-refractivity contribution in [2.24, 2.45) is 0 Å². The number of hydrogen-bond acceptors (Lipinski definition) is 6. The van der Waals surface area contributed by atoms with E-state index in [2.05, 4.69) is 15.4 Å². The Kier molecular flexibility index (Phi) is 7.30. The summed E-state index contributed by atoms with van der Waals surface area (Å²) in [7, 11) is 1.26. The maximum absolute atomic E-state index is 13.0. The van der Waals surface area contributed by atoms with Crippen molar-refractivity contribution in [1.29, 1.82) is 0 Å². The van der Waals surface area contributed by atoms with E-state index in [9.17, 15) is 19.2 Å². The summed E-state index contributed by atoms with van der Waals surface area (Å²) < 4.78 is 4.69. The molecule has 8 nitrogen and oxygen atoms in total. The minimum atomic E-state index is -0.734. The largest absolute Gasteiger partial charge is 0.465 e. The second-order valence-corrected chi connectivity index (χ2v) is 8.66. The maximum atomic E-state index is 13.0. The fraction of sp³-hybridized carbons (Fsp3) is 0.0400. The van der Waals surface area contributed by atoms with Crippen LogP contribution in [0, 0.1) is 0 Å². The molecule has 0 unspecified atom stereocenters. The molecule has 1 aliphatic heterocycles. The number of nitrogens with one attached hydrogen (secondary N) is 2.